The summed E-state index contributed by atoms with van der Waals surface area (Å²) in [6, 6.07) is 8.61. The molecule has 2 aliphatic heterocycles. The molecule has 0 atom stereocenters. The predicted molar refractivity (Wildman–Crippen MR) is 91.4 cm³/mol. The van der Waals surface area contributed by atoms with Crippen LogP contribution >= 0.6 is 0 Å². The average molecular weight is 353 g/mol. The highest BCUT2D eigenvalue weighted by atomic mass is 16.7. The van der Waals surface area contributed by atoms with Crippen molar-refractivity contribution in [1.82, 2.24) is 0 Å². The number of primary amides is 1. The highest BCUT2D eigenvalue weighted by Crippen LogP contribution is 2.40. The minimum atomic E-state index is -0.578. The van der Waals surface area contributed by atoms with Crippen LogP contribution in [0.4, 0.5) is 0 Å². The number of hydrogen-bond acceptors (Lipinski definition) is 6. The molecule has 0 radical (unpaired) electrons. The van der Waals surface area contributed by atoms with Crippen molar-refractivity contribution in [2.45, 2.75) is 6.92 Å². The predicted octanol–water partition coefficient (Wildman–Crippen LogP) is 2.20. The van der Waals surface area contributed by atoms with Crippen molar-refractivity contribution in [3.63, 3.8) is 0 Å². The number of rotatable bonds is 4. The molecule has 1 amide bonds. The van der Waals surface area contributed by atoms with Crippen LogP contribution in [0.1, 0.15) is 21.5 Å². The number of ether oxygens (including phenoxy) is 4. The normalized spacial score (nSPS) is 15.7. The molecule has 4 rings (SSSR count). The Morgan fingerprint density at radius 3 is 2.85 bits per heavy atom. The second-order valence-electron chi connectivity index (χ2n) is 5.87. The maximum Gasteiger partial charge on any atom is 0.255 e. The fourth-order valence-electron chi connectivity index (χ4n) is 2.83. The Balaban J connectivity index is 1.63. The Morgan fingerprint density at radius 1 is 1.23 bits per heavy atom. The van der Waals surface area contributed by atoms with Crippen LogP contribution < -0.4 is 24.7 Å². The number of nitrogens with two attached hydrogens (primary N) is 1. The second-order valence-corrected chi connectivity index (χ2v) is 5.87. The fraction of sp³-hybridized carbons (Fsp3) is 0.158. The average Bonchev–Trinajstić information content (AvgIpc) is 3.20. The Bertz CT molecular complexity index is 963. The summed E-state index contributed by atoms with van der Waals surface area (Å²) in [5.74, 6) is 1.56. The molecule has 0 saturated carbocycles. The lowest BCUT2D eigenvalue weighted by Gasteiger charge is -2.09. The lowest BCUT2D eigenvalue weighted by molar-refractivity contribution is -0.119. The van der Waals surface area contributed by atoms with Gasteiger partial charge in [-0.2, -0.15) is 0 Å². The number of Topliss-reactive ketones (excluding diaryl/α,β-unsaturated/α-hetero) is 1. The van der Waals surface area contributed by atoms with Gasteiger partial charge < -0.3 is 24.7 Å². The van der Waals surface area contributed by atoms with Crippen molar-refractivity contribution in [1.29, 1.82) is 0 Å². The molecule has 2 aliphatic rings. The molecule has 0 unspecified atom stereocenters. The van der Waals surface area contributed by atoms with E-state index in [1.165, 1.54) is 0 Å². The van der Waals surface area contributed by atoms with Crippen molar-refractivity contribution in [3.8, 4) is 23.0 Å². The first kappa shape index (κ1) is 16.0. The van der Waals surface area contributed by atoms with Crippen molar-refractivity contribution in [2.75, 3.05) is 13.4 Å². The van der Waals surface area contributed by atoms with Gasteiger partial charge >= 0.3 is 0 Å². The summed E-state index contributed by atoms with van der Waals surface area (Å²) < 4.78 is 21.7. The van der Waals surface area contributed by atoms with E-state index in [9.17, 15) is 9.59 Å². The number of hydrogen-bond donors (Lipinski definition) is 1. The van der Waals surface area contributed by atoms with Crippen LogP contribution in [-0.2, 0) is 4.79 Å². The second kappa shape index (κ2) is 6.11. The summed E-state index contributed by atoms with van der Waals surface area (Å²) in [7, 11) is 0. The smallest absolute Gasteiger partial charge is 0.255 e. The summed E-state index contributed by atoms with van der Waals surface area (Å²) in [5, 5.41) is 0. The third kappa shape index (κ3) is 2.73. The van der Waals surface area contributed by atoms with Gasteiger partial charge in [0, 0.05) is 5.56 Å². The molecule has 0 saturated heterocycles. The Morgan fingerprint density at radius 2 is 2.04 bits per heavy atom. The number of fused-ring (bicyclic) bond motifs is 2. The van der Waals surface area contributed by atoms with Crippen LogP contribution in [0.25, 0.3) is 6.08 Å². The van der Waals surface area contributed by atoms with E-state index in [1.807, 2.05) is 6.07 Å². The van der Waals surface area contributed by atoms with Gasteiger partial charge in [0.2, 0.25) is 12.6 Å². The van der Waals surface area contributed by atoms with Gasteiger partial charge in [0.05, 0.1) is 5.56 Å². The topological polar surface area (TPSA) is 97.1 Å². The van der Waals surface area contributed by atoms with Crippen molar-refractivity contribution in [2.24, 2.45) is 5.73 Å². The molecular formula is C19H15NO6. The van der Waals surface area contributed by atoms with Crippen molar-refractivity contribution < 1.29 is 28.5 Å². The number of benzene rings is 2. The first-order chi connectivity index (χ1) is 12.5. The summed E-state index contributed by atoms with van der Waals surface area (Å²) in [6.45, 7) is 1.70. The Hall–Kier alpha value is -3.48. The van der Waals surface area contributed by atoms with Crippen LogP contribution in [0, 0.1) is 6.92 Å². The fourth-order valence-corrected chi connectivity index (χ4v) is 2.83. The lowest BCUT2D eigenvalue weighted by atomic mass is 10.1. The van der Waals surface area contributed by atoms with Crippen molar-refractivity contribution >= 4 is 17.8 Å². The van der Waals surface area contributed by atoms with Gasteiger partial charge in [0.1, 0.15) is 11.5 Å². The highest BCUT2D eigenvalue weighted by molar-refractivity contribution is 6.15. The molecule has 7 heteroatoms. The minimum absolute atomic E-state index is 0.184. The number of allylic oxidation sites excluding steroid dienone is 1. The van der Waals surface area contributed by atoms with E-state index in [4.69, 9.17) is 24.7 Å². The van der Waals surface area contributed by atoms with E-state index >= 15 is 0 Å². The molecule has 0 spiro atoms. The maximum atomic E-state index is 12.6. The van der Waals surface area contributed by atoms with Gasteiger partial charge in [-0.25, -0.2) is 0 Å². The third-order valence-electron chi connectivity index (χ3n) is 4.10. The maximum absolute atomic E-state index is 12.6. The van der Waals surface area contributed by atoms with Gasteiger partial charge in [-0.1, -0.05) is 6.07 Å². The van der Waals surface area contributed by atoms with E-state index in [1.54, 1.807) is 37.3 Å². The van der Waals surface area contributed by atoms with Crippen LogP contribution in [0.5, 0.6) is 23.0 Å². The molecule has 0 bridgehead atoms. The first-order valence-corrected chi connectivity index (χ1v) is 7.91. The van der Waals surface area contributed by atoms with E-state index in [0.29, 0.717) is 34.1 Å². The highest BCUT2D eigenvalue weighted by Gasteiger charge is 2.30. The van der Waals surface area contributed by atoms with Gasteiger partial charge in [0.15, 0.2) is 23.9 Å². The summed E-state index contributed by atoms with van der Waals surface area (Å²) in [6.07, 6.45) is 1.65. The third-order valence-corrected chi connectivity index (χ3v) is 4.10. The zero-order chi connectivity index (χ0) is 18.3. The zero-order valence-corrected chi connectivity index (χ0v) is 13.9. The molecule has 0 aliphatic carbocycles. The van der Waals surface area contributed by atoms with E-state index in [2.05, 4.69) is 0 Å². The molecule has 2 N–H and O–H groups in total. The lowest BCUT2D eigenvalue weighted by Crippen LogP contribution is -2.20. The quantitative estimate of drug-likeness (QED) is 0.847. The summed E-state index contributed by atoms with van der Waals surface area (Å²) in [5.41, 5.74) is 6.93. The number of amides is 1. The van der Waals surface area contributed by atoms with E-state index in [0.717, 1.165) is 5.56 Å². The molecule has 2 heterocycles. The Labute approximate surface area is 148 Å². The van der Waals surface area contributed by atoms with Crippen LogP contribution in [0.2, 0.25) is 0 Å². The summed E-state index contributed by atoms with van der Waals surface area (Å²) in [4.78, 5) is 23.5. The molecule has 0 fully saturated rings. The molecule has 7 nitrogen and oxygen atoms in total. The number of carbonyl (C=O) groups is 2. The van der Waals surface area contributed by atoms with Crippen LogP contribution in [0.3, 0.4) is 0 Å². The standard InChI is InChI=1S/C19H15NO6/c1-10-13(23-8-17(20)21)5-3-12-18(22)16(26-19(10)12)7-11-2-4-14-15(6-11)25-9-24-14/h2-7H,8-9H2,1H3,(H2,20,21). The van der Waals surface area contributed by atoms with Crippen LogP contribution in [0.15, 0.2) is 36.1 Å². The molecule has 26 heavy (non-hydrogen) atoms. The van der Waals surface area contributed by atoms with Crippen molar-refractivity contribution in [3.05, 3.63) is 52.8 Å². The van der Waals surface area contributed by atoms with Gasteiger partial charge in [-0.05, 0) is 42.8 Å². The zero-order valence-electron chi connectivity index (χ0n) is 13.9. The monoisotopic (exact) mass is 353 g/mol. The molecule has 2 aromatic carbocycles. The first-order valence-electron chi connectivity index (χ1n) is 7.91. The summed E-state index contributed by atoms with van der Waals surface area (Å²) >= 11 is 0. The van der Waals surface area contributed by atoms with Crippen LogP contribution in [-0.4, -0.2) is 25.1 Å². The van der Waals surface area contributed by atoms with E-state index in [-0.39, 0.29) is 24.9 Å². The number of ketones is 1. The van der Waals surface area contributed by atoms with Gasteiger partial charge in [-0.3, -0.25) is 9.59 Å². The molecular weight excluding hydrogens is 338 g/mol. The largest absolute Gasteiger partial charge is 0.483 e. The molecule has 0 aromatic heterocycles. The Kier molecular flexibility index (Phi) is 3.76. The molecule has 2 aromatic rings. The number of carbonyl (C=O) groups excluding carboxylic acids is 2. The molecule has 132 valence electrons. The van der Waals surface area contributed by atoms with Gasteiger partial charge in [-0.15, -0.1) is 0 Å². The SMILES string of the molecule is Cc1c(OCC(N)=O)ccc2c1OC(=Cc1ccc3c(c1)OCO3)C2=O. The van der Waals surface area contributed by atoms with E-state index < -0.39 is 5.91 Å². The van der Waals surface area contributed by atoms with Gasteiger partial charge in [0.25, 0.3) is 5.91 Å². The minimum Gasteiger partial charge on any atom is -0.483 e.